The number of nitrogens with zero attached hydrogens (tertiary/aromatic N) is 4. The van der Waals surface area contributed by atoms with Gasteiger partial charge in [-0.15, -0.1) is 11.8 Å². The zero-order valence-corrected chi connectivity index (χ0v) is 29.2. The number of nitriles is 1. The van der Waals surface area contributed by atoms with Crippen LogP contribution in [0.3, 0.4) is 0 Å². The lowest BCUT2D eigenvalue weighted by molar-refractivity contribution is -0.0517. The Morgan fingerprint density at radius 1 is 1.12 bits per heavy atom. The van der Waals surface area contributed by atoms with E-state index in [-0.39, 0.29) is 44.0 Å². The molecule has 0 aliphatic carbocycles. The fourth-order valence-corrected chi connectivity index (χ4v) is 7.28. The molecule has 1 aliphatic rings. The molecule has 3 unspecified atom stereocenters. The van der Waals surface area contributed by atoms with Crippen LogP contribution in [0.5, 0.6) is 5.75 Å². The number of hydrogen-bond acceptors (Lipinski definition) is 12. The van der Waals surface area contributed by atoms with E-state index in [1.54, 1.807) is 42.5 Å². The number of ether oxygens (including phenoxy) is 3. The molecular formula is C33H40N5O8PS. The zero-order valence-electron chi connectivity index (χ0n) is 27.5. The normalized spacial score (nSPS) is 18.1. The van der Waals surface area contributed by atoms with E-state index in [9.17, 15) is 14.4 Å². The van der Waals surface area contributed by atoms with E-state index in [0.717, 1.165) is 4.90 Å². The monoisotopic (exact) mass is 697 g/mol. The van der Waals surface area contributed by atoms with Gasteiger partial charge in [-0.25, -0.2) is 14.3 Å². The first-order chi connectivity index (χ1) is 23.1. The minimum atomic E-state index is -1.68. The maximum absolute atomic E-state index is 13.2. The summed E-state index contributed by atoms with van der Waals surface area (Å²) in [4.78, 5) is 43.3. The molecule has 1 aromatic heterocycles. The van der Waals surface area contributed by atoms with Gasteiger partial charge in [0.2, 0.25) is 0 Å². The highest BCUT2D eigenvalue weighted by atomic mass is 32.2. The summed E-state index contributed by atoms with van der Waals surface area (Å²) in [5, 5.41) is 11.8. The molecule has 0 spiro atoms. The SMILES string of the molecule is CSc1ccccc1OC(=O)OCC1OC(n2ccc(NC(=O)c3ccccc3)nc2=O)C[C@H]1OP(OCCC#N)N(C(C)C)C(C)C. The Bertz CT molecular complexity index is 1610. The second kappa shape index (κ2) is 18.1. The van der Waals surface area contributed by atoms with E-state index in [1.807, 2.05) is 46.1 Å². The number of aromatic nitrogens is 2. The molecule has 2 aromatic carbocycles. The van der Waals surface area contributed by atoms with Crippen molar-refractivity contribution in [2.45, 2.75) is 76.0 Å². The van der Waals surface area contributed by atoms with Gasteiger partial charge >= 0.3 is 11.8 Å². The first-order valence-electron chi connectivity index (χ1n) is 15.4. The third-order valence-electron chi connectivity index (χ3n) is 7.11. The number of anilines is 1. The Balaban J connectivity index is 1.54. The van der Waals surface area contributed by atoms with E-state index < -0.39 is 44.7 Å². The number of thioether (sulfide) groups is 1. The number of para-hydroxylation sites is 1. The number of amides is 1. The Hall–Kier alpha value is -3.83. The highest BCUT2D eigenvalue weighted by Crippen LogP contribution is 2.50. The van der Waals surface area contributed by atoms with E-state index in [1.165, 1.54) is 28.6 Å². The molecule has 1 aliphatic heterocycles. The quantitative estimate of drug-likeness (QED) is 0.0616. The molecule has 0 radical (unpaired) electrons. The molecule has 3 aromatic rings. The Kier molecular flexibility index (Phi) is 13.9. The highest BCUT2D eigenvalue weighted by Gasteiger charge is 2.42. The maximum Gasteiger partial charge on any atom is 0.513 e. The zero-order chi connectivity index (χ0) is 34.6. The van der Waals surface area contributed by atoms with E-state index in [0.29, 0.717) is 11.3 Å². The van der Waals surface area contributed by atoms with Crippen LogP contribution in [0.2, 0.25) is 0 Å². The number of benzene rings is 2. The molecule has 1 amide bonds. The van der Waals surface area contributed by atoms with Crippen molar-refractivity contribution in [2.24, 2.45) is 0 Å². The molecule has 1 fully saturated rings. The number of carbonyl (C=O) groups is 2. The average Bonchev–Trinajstić information content (AvgIpc) is 3.46. The van der Waals surface area contributed by atoms with Crippen molar-refractivity contribution in [1.82, 2.24) is 14.2 Å². The predicted octanol–water partition coefficient (Wildman–Crippen LogP) is 6.38. The molecule has 0 bridgehead atoms. The first-order valence-corrected chi connectivity index (χ1v) is 17.8. The van der Waals surface area contributed by atoms with Crippen molar-refractivity contribution >= 4 is 38.2 Å². The van der Waals surface area contributed by atoms with Gasteiger partial charge in [0.15, 0.2) is 0 Å². The van der Waals surface area contributed by atoms with Gasteiger partial charge < -0.3 is 28.6 Å². The minimum absolute atomic E-state index is 0.0444. The summed E-state index contributed by atoms with van der Waals surface area (Å²) < 4.78 is 33.2. The second-order valence-corrected chi connectivity index (χ2v) is 13.4. The molecule has 1 N–H and O–H groups in total. The predicted molar refractivity (Wildman–Crippen MR) is 182 cm³/mol. The Labute approximate surface area is 285 Å². The summed E-state index contributed by atoms with van der Waals surface area (Å²) in [7, 11) is -1.68. The van der Waals surface area contributed by atoms with Crippen molar-refractivity contribution < 1.29 is 32.8 Å². The summed E-state index contributed by atoms with van der Waals surface area (Å²) in [6, 6.07) is 19.4. The fourth-order valence-electron chi connectivity index (χ4n) is 4.99. The summed E-state index contributed by atoms with van der Waals surface area (Å²) in [5.74, 6) is 0.0479. The van der Waals surface area contributed by atoms with Gasteiger partial charge in [-0.05, 0) is 64.3 Å². The van der Waals surface area contributed by atoms with Gasteiger partial charge in [0.05, 0.1) is 30.1 Å². The van der Waals surface area contributed by atoms with Crippen LogP contribution in [0.1, 0.15) is 57.1 Å². The average molecular weight is 698 g/mol. The van der Waals surface area contributed by atoms with Crippen LogP contribution >= 0.6 is 20.3 Å². The standard InChI is InChI=1S/C33H40N5O8PS/c1-22(2)38(23(3)4)47(43-19-11-17-34)46-26-20-30(44-27(26)21-42-33(41)45-25-14-9-10-15-28(25)48-5)37-18-16-29(36-32(37)40)35-31(39)24-12-7-6-8-13-24/h6-10,12-16,18,22-23,26-27,30H,11,19-21H2,1-5H3,(H,35,36,39,40)/t26-,27?,30?,47?/m1/s1. The third kappa shape index (κ3) is 10.1. The summed E-state index contributed by atoms with van der Waals surface area (Å²) in [6.45, 7) is 8.01. The largest absolute Gasteiger partial charge is 0.513 e. The third-order valence-corrected chi connectivity index (χ3v) is 10.0. The molecule has 15 heteroatoms. The van der Waals surface area contributed by atoms with Gasteiger partial charge in [0, 0.05) is 30.3 Å². The first kappa shape index (κ1) is 37.0. The van der Waals surface area contributed by atoms with Gasteiger partial charge in [-0.2, -0.15) is 10.2 Å². The molecule has 4 atom stereocenters. The van der Waals surface area contributed by atoms with Crippen LogP contribution in [0, 0.1) is 11.3 Å². The molecule has 4 rings (SSSR count). The maximum atomic E-state index is 13.2. The van der Waals surface area contributed by atoms with Crippen LogP contribution in [-0.2, 0) is 18.5 Å². The second-order valence-electron chi connectivity index (χ2n) is 11.2. The van der Waals surface area contributed by atoms with Gasteiger partial charge in [-0.1, -0.05) is 30.3 Å². The van der Waals surface area contributed by atoms with Crippen molar-refractivity contribution in [3.8, 4) is 11.8 Å². The summed E-state index contributed by atoms with van der Waals surface area (Å²) in [5.41, 5.74) is -0.232. The molecule has 48 heavy (non-hydrogen) atoms. The minimum Gasteiger partial charge on any atom is -0.431 e. The van der Waals surface area contributed by atoms with Crippen molar-refractivity contribution in [2.75, 3.05) is 24.8 Å². The highest BCUT2D eigenvalue weighted by molar-refractivity contribution is 7.98. The van der Waals surface area contributed by atoms with Gasteiger partial charge in [-0.3, -0.25) is 9.36 Å². The smallest absolute Gasteiger partial charge is 0.431 e. The van der Waals surface area contributed by atoms with Crippen molar-refractivity contribution in [3.63, 3.8) is 0 Å². The lowest BCUT2D eigenvalue weighted by Crippen LogP contribution is -2.37. The van der Waals surface area contributed by atoms with Crippen LogP contribution in [0.15, 0.2) is 76.6 Å². The topological polar surface area (TPSA) is 154 Å². The number of carbonyl (C=O) groups excluding carboxylic acids is 2. The van der Waals surface area contributed by atoms with E-state index in [4.69, 9.17) is 28.5 Å². The van der Waals surface area contributed by atoms with Crippen LogP contribution in [0.4, 0.5) is 10.6 Å². The van der Waals surface area contributed by atoms with Crippen molar-refractivity contribution in [1.29, 1.82) is 5.26 Å². The number of hydrogen-bond donors (Lipinski definition) is 1. The summed E-state index contributed by atoms with van der Waals surface area (Å²) in [6.07, 6.45) is 0.482. The molecule has 0 saturated carbocycles. The number of nitrogens with one attached hydrogen (secondary N) is 1. The molecule has 1 saturated heterocycles. The summed E-state index contributed by atoms with van der Waals surface area (Å²) >= 11 is 1.43. The van der Waals surface area contributed by atoms with Gasteiger partial charge in [0.1, 0.15) is 30.5 Å². The van der Waals surface area contributed by atoms with E-state index in [2.05, 4.69) is 21.0 Å². The lowest BCUT2D eigenvalue weighted by Gasteiger charge is -2.37. The number of rotatable bonds is 15. The van der Waals surface area contributed by atoms with Crippen molar-refractivity contribution in [3.05, 3.63) is 82.9 Å². The lowest BCUT2D eigenvalue weighted by atomic mass is 10.2. The Morgan fingerprint density at radius 2 is 1.83 bits per heavy atom. The molecule has 13 nitrogen and oxygen atoms in total. The molecule has 256 valence electrons. The van der Waals surface area contributed by atoms with Crippen LogP contribution in [0.25, 0.3) is 0 Å². The van der Waals surface area contributed by atoms with Crippen LogP contribution in [-0.4, -0.2) is 70.0 Å². The molecule has 2 heterocycles. The Morgan fingerprint density at radius 3 is 2.50 bits per heavy atom. The van der Waals surface area contributed by atoms with Crippen LogP contribution < -0.4 is 15.7 Å². The van der Waals surface area contributed by atoms with Gasteiger partial charge in [0.25, 0.3) is 14.4 Å². The molecular weight excluding hydrogens is 657 g/mol. The van der Waals surface area contributed by atoms with E-state index >= 15 is 0 Å². The fraction of sp³-hybridized carbons (Fsp3) is 0.424.